The van der Waals surface area contributed by atoms with Gasteiger partial charge in [-0.25, -0.2) is 4.39 Å². The fraction of sp³-hybridized carbons (Fsp3) is 0.100. The zero-order chi connectivity index (χ0) is 26.6. The number of ketones is 1. The number of pyridine rings is 1. The van der Waals surface area contributed by atoms with Crippen molar-refractivity contribution in [3.63, 3.8) is 0 Å². The average Bonchev–Trinajstić information content (AvgIpc) is 3.19. The summed E-state index contributed by atoms with van der Waals surface area (Å²) in [6, 6.07) is 22.2. The first kappa shape index (κ1) is 24.7. The van der Waals surface area contributed by atoms with Crippen LogP contribution in [0.15, 0.2) is 103 Å². The smallest absolute Gasteiger partial charge is 0.295 e. The first-order chi connectivity index (χ1) is 18.5. The first-order valence-corrected chi connectivity index (χ1v) is 11.8. The Morgan fingerprint density at radius 2 is 1.68 bits per heavy atom. The molecule has 3 aromatic carbocycles. The van der Waals surface area contributed by atoms with Crippen LogP contribution in [-0.2, 0) is 16.1 Å². The fourth-order valence-electron chi connectivity index (χ4n) is 4.46. The summed E-state index contributed by atoms with van der Waals surface area (Å²) in [7, 11) is 1.37. The summed E-state index contributed by atoms with van der Waals surface area (Å²) in [6.45, 7) is 0.0819. The van der Waals surface area contributed by atoms with Crippen molar-refractivity contribution in [1.29, 1.82) is 0 Å². The van der Waals surface area contributed by atoms with Gasteiger partial charge >= 0.3 is 0 Å². The molecule has 1 fully saturated rings. The minimum atomic E-state index is -0.976. The van der Waals surface area contributed by atoms with Crippen LogP contribution in [-0.4, -0.2) is 33.8 Å². The molecule has 1 aliphatic rings. The van der Waals surface area contributed by atoms with Crippen LogP contribution in [0.2, 0.25) is 0 Å². The second-order valence-electron chi connectivity index (χ2n) is 8.61. The molecule has 38 heavy (non-hydrogen) atoms. The van der Waals surface area contributed by atoms with E-state index in [0.29, 0.717) is 17.1 Å². The number of aromatic nitrogens is 1. The van der Waals surface area contributed by atoms with Crippen molar-refractivity contribution in [1.82, 2.24) is 9.88 Å². The number of ether oxygens (including phenoxy) is 2. The van der Waals surface area contributed by atoms with Crippen molar-refractivity contribution in [2.24, 2.45) is 0 Å². The van der Waals surface area contributed by atoms with Crippen LogP contribution in [0.5, 0.6) is 17.2 Å². The summed E-state index contributed by atoms with van der Waals surface area (Å²) in [5, 5.41) is 11.4. The van der Waals surface area contributed by atoms with E-state index in [-0.39, 0.29) is 23.4 Å². The summed E-state index contributed by atoms with van der Waals surface area (Å²) >= 11 is 0. The van der Waals surface area contributed by atoms with Crippen LogP contribution in [0, 0.1) is 5.82 Å². The lowest BCUT2D eigenvalue weighted by atomic mass is 9.94. The molecule has 1 aliphatic heterocycles. The van der Waals surface area contributed by atoms with Crippen molar-refractivity contribution in [2.75, 3.05) is 7.11 Å². The maximum atomic E-state index is 14.2. The summed E-state index contributed by atoms with van der Waals surface area (Å²) in [5.74, 6) is -1.60. The van der Waals surface area contributed by atoms with Gasteiger partial charge in [0.15, 0.2) is 0 Å². The quantitative estimate of drug-likeness (QED) is 0.197. The number of hydrogen-bond donors (Lipinski definition) is 1. The lowest BCUT2D eigenvalue weighted by Crippen LogP contribution is -2.29. The van der Waals surface area contributed by atoms with E-state index in [9.17, 15) is 19.1 Å². The van der Waals surface area contributed by atoms with Crippen molar-refractivity contribution < 1.29 is 28.6 Å². The second-order valence-corrected chi connectivity index (χ2v) is 8.61. The zero-order valence-corrected chi connectivity index (χ0v) is 20.4. The maximum absolute atomic E-state index is 14.2. The molecule has 5 rings (SSSR count). The van der Waals surface area contributed by atoms with Gasteiger partial charge in [0.25, 0.3) is 11.7 Å². The van der Waals surface area contributed by atoms with Crippen molar-refractivity contribution >= 4 is 17.4 Å². The van der Waals surface area contributed by atoms with E-state index >= 15 is 0 Å². The molecule has 190 valence electrons. The Bertz CT molecular complexity index is 1520. The van der Waals surface area contributed by atoms with E-state index in [1.54, 1.807) is 60.9 Å². The lowest BCUT2D eigenvalue weighted by Gasteiger charge is -2.26. The van der Waals surface area contributed by atoms with Crippen LogP contribution in [0.25, 0.3) is 5.76 Å². The van der Waals surface area contributed by atoms with Crippen molar-refractivity contribution in [3.8, 4) is 17.2 Å². The molecule has 0 spiro atoms. The normalized spacial score (nSPS) is 16.5. The van der Waals surface area contributed by atoms with E-state index in [1.807, 2.05) is 18.2 Å². The Morgan fingerprint density at radius 3 is 2.42 bits per heavy atom. The van der Waals surface area contributed by atoms with Gasteiger partial charge in [-0.05, 0) is 65.7 Å². The molecule has 0 saturated carbocycles. The van der Waals surface area contributed by atoms with Crippen molar-refractivity contribution in [2.45, 2.75) is 12.6 Å². The van der Waals surface area contributed by atoms with Gasteiger partial charge in [0, 0.05) is 18.9 Å². The molecule has 0 radical (unpaired) electrons. The number of amides is 1. The number of hydrogen-bond acceptors (Lipinski definition) is 6. The predicted octanol–water partition coefficient (Wildman–Crippen LogP) is 5.64. The Labute approximate surface area is 218 Å². The largest absolute Gasteiger partial charge is 0.507 e. The number of carbonyl (C=O) groups excluding carboxylic acids is 2. The third-order valence-corrected chi connectivity index (χ3v) is 6.21. The summed E-state index contributed by atoms with van der Waals surface area (Å²) < 4.78 is 25.4. The molecular formula is C30H23FN2O5. The highest BCUT2D eigenvalue weighted by atomic mass is 19.1. The molecule has 1 aromatic heterocycles. The summed E-state index contributed by atoms with van der Waals surface area (Å²) in [5.41, 5.74) is 1.07. The third-order valence-electron chi connectivity index (χ3n) is 6.21. The number of likely N-dealkylation sites (tertiary alicyclic amines) is 1. The average molecular weight is 511 g/mol. The van der Waals surface area contributed by atoms with Gasteiger partial charge in [-0.3, -0.25) is 14.6 Å². The highest BCUT2D eigenvalue weighted by Gasteiger charge is 2.46. The Kier molecular flexibility index (Phi) is 6.86. The van der Waals surface area contributed by atoms with E-state index in [1.165, 1.54) is 24.1 Å². The zero-order valence-electron chi connectivity index (χ0n) is 20.4. The first-order valence-electron chi connectivity index (χ1n) is 11.8. The number of halogens is 1. The van der Waals surface area contributed by atoms with Gasteiger partial charge in [-0.1, -0.05) is 30.3 Å². The molecular weight excluding hydrogens is 487 g/mol. The molecule has 1 unspecified atom stereocenters. The number of carbonyl (C=O) groups is 2. The molecule has 1 N–H and O–H groups in total. The minimum absolute atomic E-state index is 0.0314. The number of aliphatic hydroxyl groups excluding tert-OH is 1. The molecule has 2 heterocycles. The van der Waals surface area contributed by atoms with Gasteiger partial charge in [-0.2, -0.15) is 0 Å². The number of rotatable bonds is 7. The van der Waals surface area contributed by atoms with Gasteiger partial charge < -0.3 is 19.5 Å². The Morgan fingerprint density at radius 1 is 0.947 bits per heavy atom. The standard InChI is InChI=1S/C30H23FN2O5/c1-37-25-11-10-21(31)17-24(25)28(34)26-27(33(30(36)29(26)35)18-19-12-14-32-15-13-19)20-6-5-9-23(16-20)38-22-7-3-2-4-8-22/h2-17,27,34H,18H2,1H3/b28-26+. The number of nitrogens with zero attached hydrogens (tertiary/aromatic N) is 2. The van der Waals surface area contributed by atoms with Crippen LogP contribution >= 0.6 is 0 Å². The molecule has 0 bridgehead atoms. The topological polar surface area (TPSA) is 89.0 Å². The van der Waals surface area contributed by atoms with Crippen LogP contribution in [0.1, 0.15) is 22.7 Å². The molecule has 7 nitrogen and oxygen atoms in total. The van der Waals surface area contributed by atoms with E-state index in [2.05, 4.69) is 4.98 Å². The molecule has 1 atom stereocenters. The van der Waals surface area contributed by atoms with Crippen LogP contribution in [0.3, 0.4) is 0 Å². The monoisotopic (exact) mass is 510 g/mol. The predicted molar refractivity (Wildman–Crippen MR) is 138 cm³/mol. The maximum Gasteiger partial charge on any atom is 0.295 e. The van der Waals surface area contributed by atoms with Gasteiger partial charge in [0.05, 0.1) is 24.3 Å². The SMILES string of the molecule is COc1ccc(F)cc1/C(O)=C1\C(=O)C(=O)N(Cc2ccncc2)C1c1cccc(Oc2ccccc2)c1. The number of methoxy groups -OCH3 is 1. The van der Waals surface area contributed by atoms with E-state index < -0.39 is 29.3 Å². The number of aliphatic hydroxyl groups is 1. The number of benzene rings is 3. The lowest BCUT2D eigenvalue weighted by molar-refractivity contribution is -0.140. The number of Topliss-reactive ketones (excluding diaryl/α,β-unsaturated/α-hetero) is 1. The van der Waals surface area contributed by atoms with Crippen molar-refractivity contribution in [3.05, 3.63) is 125 Å². The van der Waals surface area contributed by atoms with Gasteiger partial charge in [0.1, 0.15) is 28.8 Å². The Balaban J connectivity index is 1.65. The fourth-order valence-corrected chi connectivity index (χ4v) is 4.46. The third kappa shape index (κ3) is 4.84. The van der Waals surface area contributed by atoms with E-state index in [0.717, 1.165) is 11.6 Å². The molecule has 1 amide bonds. The summed E-state index contributed by atoms with van der Waals surface area (Å²) in [4.78, 5) is 32.1. The highest BCUT2D eigenvalue weighted by molar-refractivity contribution is 6.46. The molecule has 4 aromatic rings. The minimum Gasteiger partial charge on any atom is -0.507 e. The second kappa shape index (κ2) is 10.6. The molecule has 1 saturated heterocycles. The highest BCUT2D eigenvalue weighted by Crippen LogP contribution is 2.42. The number of para-hydroxylation sites is 1. The summed E-state index contributed by atoms with van der Waals surface area (Å²) in [6.07, 6.45) is 3.18. The van der Waals surface area contributed by atoms with Crippen LogP contribution < -0.4 is 9.47 Å². The van der Waals surface area contributed by atoms with Gasteiger partial charge in [-0.15, -0.1) is 0 Å². The molecule has 0 aliphatic carbocycles. The Hall–Kier alpha value is -4.98. The van der Waals surface area contributed by atoms with Crippen LogP contribution in [0.4, 0.5) is 4.39 Å². The van der Waals surface area contributed by atoms with E-state index in [4.69, 9.17) is 9.47 Å². The molecule has 8 heteroatoms. The van der Waals surface area contributed by atoms with Gasteiger partial charge in [0.2, 0.25) is 0 Å².